The number of hydrogen-bond donors (Lipinski definition) is 0. The van der Waals surface area contributed by atoms with Crippen LogP contribution in [0, 0.1) is 22.7 Å². The number of carbonyl (C=O) groups is 1. The quantitative estimate of drug-likeness (QED) is 0.753. The zero-order valence-electron chi connectivity index (χ0n) is 14.8. The number of fused-ring (bicyclic) bond motifs is 1. The molecule has 0 bridgehead atoms. The molecule has 26 heavy (non-hydrogen) atoms. The van der Waals surface area contributed by atoms with E-state index >= 15 is 0 Å². The number of nitrogens with zero attached hydrogens (tertiary/aromatic N) is 4. The predicted molar refractivity (Wildman–Crippen MR) is 99.9 cm³/mol. The zero-order valence-corrected chi connectivity index (χ0v) is 14.8. The van der Waals surface area contributed by atoms with Gasteiger partial charge >= 0.3 is 0 Å². The van der Waals surface area contributed by atoms with Gasteiger partial charge in [-0.05, 0) is 35.7 Å². The van der Waals surface area contributed by atoms with Gasteiger partial charge in [0, 0.05) is 19.0 Å². The Morgan fingerprint density at radius 2 is 1.85 bits per heavy atom. The third-order valence-corrected chi connectivity index (χ3v) is 5.03. The number of rotatable bonds is 6. The lowest BCUT2D eigenvalue weighted by Crippen LogP contribution is -2.35. The minimum atomic E-state index is -0.128. The highest BCUT2D eigenvalue weighted by molar-refractivity contribution is 5.86. The lowest BCUT2D eigenvalue weighted by atomic mass is 9.97. The maximum absolute atomic E-state index is 12.3. The van der Waals surface area contributed by atoms with Gasteiger partial charge in [-0.25, -0.2) is 0 Å². The molecule has 5 heteroatoms. The highest BCUT2D eigenvalue weighted by atomic mass is 16.2. The van der Waals surface area contributed by atoms with Crippen LogP contribution in [0.25, 0.3) is 10.8 Å². The Balaban J connectivity index is 1.72. The van der Waals surface area contributed by atoms with E-state index in [9.17, 15) is 4.79 Å². The Morgan fingerprint density at radius 1 is 1.12 bits per heavy atom. The number of benzene rings is 2. The van der Waals surface area contributed by atoms with Crippen LogP contribution in [0.1, 0.15) is 30.9 Å². The summed E-state index contributed by atoms with van der Waals surface area (Å²) in [6.07, 6.45) is 2.54. The molecule has 1 aliphatic rings. The zero-order chi connectivity index (χ0) is 18.4. The Bertz CT molecular complexity index is 843. The van der Waals surface area contributed by atoms with E-state index in [2.05, 4.69) is 47.4 Å². The van der Waals surface area contributed by atoms with E-state index in [1.807, 2.05) is 12.1 Å². The van der Waals surface area contributed by atoms with Crippen LogP contribution in [0.2, 0.25) is 0 Å². The predicted octanol–water partition coefficient (Wildman–Crippen LogP) is 3.24. The molecule has 1 aliphatic heterocycles. The van der Waals surface area contributed by atoms with E-state index < -0.39 is 0 Å². The summed E-state index contributed by atoms with van der Waals surface area (Å²) >= 11 is 0. The van der Waals surface area contributed by atoms with E-state index in [1.54, 1.807) is 0 Å². The van der Waals surface area contributed by atoms with Crippen molar-refractivity contribution in [2.45, 2.75) is 25.3 Å². The Kier molecular flexibility index (Phi) is 5.84. The van der Waals surface area contributed by atoms with E-state index in [1.165, 1.54) is 21.2 Å². The monoisotopic (exact) mass is 346 g/mol. The molecule has 0 spiro atoms. The number of hydrogen-bond acceptors (Lipinski definition) is 4. The van der Waals surface area contributed by atoms with Crippen molar-refractivity contribution in [2.24, 2.45) is 0 Å². The maximum atomic E-state index is 12.3. The van der Waals surface area contributed by atoms with Gasteiger partial charge in [0.25, 0.3) is 0 Å². The van der Waals surface area contributed by atoms with Crippen molar-refractivity contribution in [3.63, 3.8) is 0 Å². The van der Waals surface area contributed by atoms with Crippen molar-refractivity contribution in [3.05, 3.63) is 48.0 Å². The molecule has 132 valence electrons. The maximum Gasteiger partial charge on any atom is 0.225 e. The molecule has 0 aromatic heterocycles. The highest BCUT2D eigenvalue weighted by Crippen LogP contribution is 2.35. The summed E-state index contributed by atoms with van der Waals surface area (Å²) in [5.74, 6) is -0.128. The Morgan fingerprint density at radius 3 is 2.62 bits per heavy atom. The molecule has 0 unspecified atom stereocenters. The van der Waals surface area contributed by atoms with E-state index in [0.29, 0.717) is 19.0 Å². The van der Waals surface area contributed by atoms with Gasteiger partial charge in [0.05, 0.1) is 12.1 Å². The Labute approximate surface area is 154 Å². The first-order chi connectivity index (χ1) is 12.7. The molecule has 1 saturated heterocycles. The minimum Gasteiger partial charge on any atom is -0.316 e. The first-order valence-corrected chi connectivity index (χ1v) is 8.98. The summed E-state index contributed by atoms with van der Waals surface area (Å²) in [5.41, 5.74) is 1.32. The van der Waals surface area contributed by atoms with Crippen LogP contribution in [0.3, 0.4) is 0 Å². The van der Waals surface area contributed by atoms with Gasteiger partial charge < -0.3 is 4.90 Å². The SMILES string of the molecule is N#CCN(CC#N)C(=O)CCN1CCC[C@@H]1c1cccc2ccccc12. The summed E-state index contributed by atoms with van der Waals surface area (Å²) in [6.45, 7) is 1.57. The van der Waals surface area contributed by atoms with Gasteiger partial charge in [0.15, 0.2) is 0 Å². The van der Waals surface area contributed by atoms with Gasteiger partial charge in [0.2, 0.25) is 5.91 Å². The standard InChI is InChI=1S/C21H22N4O/c22-11-15-25(16-12-23)21(26)10-14-24-13-4-9-20(24)19-8-3-6-17-5-1-2-7-18(17)19/h1-3,5-8,20H,4,9-10,13-16H2/t20-/m1/s1. The van der Waals surface area contributed by atoms with Gasteiger partial charge in [-0.15, -0.1) is 0 Å². The molecule has 1 amide bonds. The molecule has 2 aromatic rings. The molecule has 0 N–H and O–H groups in total. The lowest BCUT2D eigenvalue weighted by molar-refractivity contribution is -0.130. The number of carbonyl (C=O) groups excluding carboxylic acids is 1. The van der Waals surface area contributed by atoms with Gasteiger partial charge in [0.1, 0.15) is 13.1 Å². The van der Waals surface area contributed by atoms with Crippen molar-refractivity contribution >= 4 is 16.7 Å². The van der Waals surface area contributed by atoms with Crippen LogP contribution in [-0.4, -0.2) is 41.9 Å². The van der Waals surface area contributed by atoms with Gasteiger partial charge in [-0.1, -0.05) is 42.5 Å². The van der Waals surface area contributed by atoms with E-state index in [0.717, 1.165) is 19.4 Å². The van der Waals surface area contributed by atoms with Crippen LogP contribution in [0.15, 0.2) is 42.5 Å². The molecule has 0 radical (unpaired) electrons. The summed E-state index contributed by atoms with van der Waals surface area (Å²) < 4.78 is 0. The van der Waals surface area contributed by atoms with Crippen LogP contribution in [-0.2, 0) is 4.79 Å². The second kappa shape index (κ2) is 8.47. The molecular weight excluding hydrogens is 324 g/mol. The van der Waals surface area contributed by atoms with E-state index in [-0.39, 0.29) is 19.0 Å². The van der Waals surface area contributed by atoms with Crippen molar-refractivity contribution in [1.82, 2.24) is 9.80 Å². The number of likely N-dealkylation sites (tertiary alicyclic amines) is 1. The van der Waals surface area contributed by atoms with Crippen LogP contribution >= 0.6 is 0 Å². The molecule has 1 fully saturated rings. The topological polar surface area (TPSA) is 71.1 Å². The van der Waals surface area contributed by atoms with E-state index in [4.69, 9.17) is 10.5 Å². The normalized spacial score (nSPS) is 16.9. The van der Waals surface area contributed by atoms with Crippen molar-refractivity contribution < 1.29 is 4.79 Å². The minimum absolute atomic E-state index is 0.0286. The molecule has 2 aromatic carbocycles. The molecule has 0 saturated carbocycles. The molecule has 1 atom stereocenters. The van der Waals surface area contributed by atoms with Crippen molar-refractivity contribution in [1.29, 1.82) is 10.5 Å². The van der Waals surface area contributed by atoms with Gasteiger partial charge in [-0.2, -0.15) is 10.5 Å². The molecule has 1 heterocycles. The van der Waals surface area contributed by atoms with Gasteiger partial charge in [-0.3, -0.25) is 9.69 Å². The number of nitriles is 2. The summed E-state index contributed by atoms with van der Waals surface area (Å²) in [4.78, 5) is 16.0. The van der Waals surface area contributed by atoms with Crippen molar-refractivity contribution in [3.8, 4) is 12.1 Å². The molecular formula is C21H22N4O. The van der Waals surface area contributed by atoms with Crippen LogP contribution in [0.5, 0.6) is 0 Å². The molecule has 3 rings (SSSR count). The third kappa shape index (κ3) is 3.85. The lowest BCUT2D eigenvalue weighted by Gasteiger charge is -2.26. The fourth-order valence-electron chi connectivity index (χ4n) is 3.79. The van der Waals surface area contributed by atoms with Crippen LogP contribution < -0.4 is 0 Å². The number of amides is 1. The Hall–Kier alpha value is -2.89. The highest BCUT2D eigenvalue weighted by Gasteiger charge is 2.27. The second-order valence-electron chi connectivity index (χ2n) is 6.58. The van der Waals surface area contributed by atoms with Crippen LogP contribution in [0.4, 0.5) is 0 Å². The third-order valence-electron chi connectivity index (χ3n) is 5.03. The first kappa shape index (κ1) is 17.9. The molecule has 0 aliphatic carbocycles. The first-order valence-electron chi connectivity index (χ1n) is 8.98. The second-order valence-corrected chi connectivity index (χ2v) is 6.58. The smallest absolute Gasteiger partial charge is 0.225 e. The fourth-order valence-corrected chi connectivity index (χ4v) is 3.79. The average Bonchev–Trinajstić information content (AvgIpc) is 3.14. The summed E-state index contributed by atoms with van der Waals surface area (Å²) in [6, 6.07) is 19.0. The average molecular weight is 346 g/mol. The largest absolute Gasteiger partial charge is 0.316 e. The van der Waals surface area contributed by atoms with Crippen molar-refractivity contribution in [2.75, 3.05) is 26.2 Å². The molecule has 5 nitrogen and oxygen atoms in total. The fraction of sp³-hybridized carbons (Fsp3) is 0.381. The summed E-state index contributed by atoms with van der Waals surface area (Å²) in [5, 5.41) is 20.1. The summed E-state index contributed by atoms with van der Waals surface area (Å²) in [7, 11) is 0.